The van der Waals surface area contributed by atoms with E-state index in [9.17, 15) is 9.59 Å². The molecule has 2 amide bonds. The predicted molar refractivity (Wildman–Crippen MR) is 69.8 cm³/mol. The molecule has 1 aliphatic heterocycles. The molecule has 1 aromatic carbocycles. The zero-order valence-corrected chi connectivity index (χ0v) is 11.5. The first-order valence-corrected chi connectivity index (χ1v) is 6.08. The monoisotopic (exact) mass is 329 g/mol. The van der Waals surface area contributed by atoms with Crippen molar-refractivity contribution in [3.05, 3.63) is 34.9 Å². The zero-order chi connectivity index (χ0) is 12.1. The second-order valence-electron chi connectivity index (χ2n) is 4.40. The molecule has 0 saturated heterocycles. The maximum Gasteiger partial charge on any atom is 0.262 e. The summed E-state index contributed by atoms with van der Waals surface area (Å²) in [5.74, 6) is -0.387. The number of hydrogen-bond acceptors (Lipinski definition) is 2. The van der Waals surface area contributed by atoms with Gasteiger partial charge in [-0.05, 0) is 32.9 Å². The van der Waals surface area contributed by atoms with Crippen molar-refractivity contribution in [2.24, 2.45) is 0 Å². The first-order chi connectivity index (χ1) is 7.32. The Kier molecular flexibility index (Phi) is 2.57. The quantitative estimate of drug-likeness (QED) is 0.344. The number of alkyl halides is 1. The van der Waals surface area contributed by atoms with Crippen molar-refractivity contribution in [3.63, 3.8) is 0 Å². The van der Waals surface area contributed by atoms with Crippen LogP contribution in [-0.4, -0.2) is 20.3 Å². The summed E-state index contributed by atoms with van der Waals surface area (Å²) in [4.78, 5) is 25.5. The van der Waals surface area contributed by atoms with Crippen LogP contribution in [0.3, 0.4) is 0 Å². The Hall–Kier alpha value is -0.910. The molecule has 0 fully saturated rings. The fourth-order valence-electron chi connectivity index (χ4n) is 1.84. The molecule has 16 heavy (non-hydrogen) atoms. The number of carbonyl (C=O) groups is 2. The van der Waals surface area contributed by atoms with E-state index in [2.05, 4.69) is 22.6 Å². The van der Waals surface area contributed by atoms with Gasteiger partial charge in [0.25, 0.3) is 11.8 Å². The Morgan fingerprint density at radius 2 is 1.69 bits per heavy atom. The molecule has 0 aliphatic carbocycles. The van der Waals surface area contributed by atoms with E-state index < -0.39 is 3.55 Å². The van der Waals surface area contributed by atoms with Gasteiger partial charge in [0.05, 0.1) is 14.7 Å². The Morgan fingerprint density at radius 1 is 1.12 bits per heavy atom. The van der Waals surface area contributed by atoms with Crippen LogP contribution in [0.15, 0.2) is 18.2 Å². The van der Waals surface area contributed by atoms with Crippen LogP contribution in [0.2, 0.25) is 0 Å². The van der Waals surface area contributed by atoms with Crippen LogP contribution >= 0.6 is 22.6 Å². The first kappa shape index (κ1) is 11.6. The molecular weight excluding hydrogens is 317 g/mol. The molecule has 0 saturated carbocycles. The average Bonchev–Trinajstić information content (AvgIpc) is 2.38. The molecule has 2 rings (SSSR count). The van der Waals surface area contributed by atoms with Gasteiger partial charge in [0.15, 0.2) is 0 Å². The third-order valence-corrected chi connectivity index (χ3v) is 3.06. The summed E-state index contributed by atoms with van der Waals surface area (Å²) < 4.78 is -0.501. The summed E-state index contributed by atoms with van der Waals surface area (Å²) in [6.07, 6.45) is 0. The number of aryl methyl sites for hydroxylation is 1. The lowest BCUT2D eigenvalue weighted by molar-refractivity contribution is 0.0596. The summed E-state index contributed by atoms with van der Waals surface area (Å²) in [6.45, 7) is 5.61. The lowest BCUT2D eigenvalue weighted by atomic mass is 10.1. The maximum atomic E-state index is 12.1. The van der Waals surface area contributed by atoms with Gasteiger partial charge in [-0.15, -0.1) is 0 Å². The zero-order valence-electron chi connectivity index (χ0n) is 9.37. The fourth-order valence-corrected chi connectivity index (χ4v) is 2.28. The number of rotatable bonds is 1. The minimum Gasteiger partial charge on any atom is -0.269 e. The number of fused-ring (bicyclic) bond motifs is 1. The van der Waals surface area contributed by atoms with Crippen LogP contribution in [0.5, 0.6) is 0 Å². The van der Waals surface area contributed by atoms with Crippen LogP contribution in [-0.2, 0) is 0 Å². The van der Waals surface area contributed by atoms with Crippen molar-refractivity contribution >= 4 is 34.4 Å². The van der Waals surface area contributed by atoms with Gasteiger partial charge >= 0.3 is 0 Å². The van der Waals surface area contributed by atoms with Gasteiger partial charge in [-0.3, -0.25) is 14.5 Å². The Bertz CT molecular complexity index is 488. The Labute approximate surface area is 108 Å². The third kappa shape index (κ3) is 1.65. The van der Waals surface area contributed by atoms with Crippen molar-refractivity contribution < 1.29 is 9.59 Å². The lowest BCUT2D eigenvalue weighted by Crippen LogP contribution is -2.42. The normalized spacial score (nSPS) is 15.6. The van der Waals surface area contributed by atoms with Gasteiger partial charge in [0.2, 0.25) is 0 Å². The van der Waals surface area contributed by atoms with E-state index in [0.717, 1.165) is 5.56 Å². The van der Waals surface area contributed by atoms with Crippen LogP contribution in [0.1, 0.15) is 40.1 Å². The van der Waals surface area contributed by atoms with Crippen LogP contribution < -0.4 is 0 Å². The molecule has 0 radical (unpaired) electrons. The van der Waals surface area contributed by atoms with Crippen molar-refractivity contribution in [1.29, 1.82) is 0 Å². The van der Waals surface area contributed by atoms with E-state index in [1.165, 1.54) is 4.90 Å². The van der Waals surface area contributed by atoms with Crippen LogP contribution in [0.4, 0.5) is 0 Å². The topological polar surface area (TPSA) is 37.4 Å². The molecule has 0 unspecified atom stereocenters. The highest BCUT2D eigenvalue weighted by Gasteiger charge is 2.42. The molecule has 84 valence electrons. The fraction of sp³-hybridized carbons (Fsp3) is 0.333. The molecule has 1 aliphatic rings. The number of benzene rings is 1. The maximum absolute atomic E-state index is 12.1. The van der Waals surface area contributed by atoms with Crippen LogP contribution in [0, 0.1) is 6.92 Å². The molecule has 4 heteroatoms. The Balaban J connectivity index is 2.57. The molecule has 1 heterocycles. The van der Waals surface area contributed by atoms with Gasteiger partial charge in [-0.25, -0.2) is 0 Å². The summed E-state index contributed by atoms with van der Waals surface area (Å²) in [5.41, 5.74) is 2.03. The summed E-state index contributed by atoms with van der Waals surface area (Å²) in [6, 6.07) is 5.36. The molecule has 3 nitrogen and oxygen atoms in total. The van der Waals surface area contributed by atoms with E-state index in [1.54, 1.807) is 12.1 Å². The van der Waals surface area contributed by atoms with Gasteiger partial charge in [-0.1, -0.05) is 34.2 Å². The minimum atomic E-state index is -0.501. The first-order valence-electron chi connectivity index (χ1n) is 5.01. The molecule has 0 aromatic heterocycles. The predicted octanol–water partition coefficient (Wildman–Crippen LogP) is 2.76. The number of halogens is 1. The highest BCUT2D eigenvalue weighted by Crippen LogP contribution is 2.33. The number of amides is 2. The molecule has 0 bridgehead atoms. The van der Waals surface area contributed by atoms with E-state index in [-0.39, 0.29) is 11.8 Å². The minimum absolute atomic E-state index is 0.192. The average molecular weight is 329 g/mol. The van der Waals surface area contributed by atoms with E-state index in [0.29, 0.717) is 11.1 Å². The second-order valence-corrected chi connectivity index (χ2v) is 7.04. The van der Waals surface area contributed by atoms with Crippen LogP contribution in [0.25, 0.3) is 0 Å². The number of nitrogens with zero attached hydrogens (tertiary/aromatic N) is 1. The summed E-state index contributed by atoms with van der Waals surface area (Å²) in [7, 11) is 0. The SMILES string of the molecule is Cc1ccc2c(c1)C(=O)N(C(C)(C)I)C2=O. The lowest BCUT2D eigenvalue weighted by Gasteiger charge is -2.27. The van der Waals surface area contributed by atoms with Crippen molar-refractivity contribution in [2.45, 2.75) is 24.3 Å². The molecule has 0 spiro atoms. The van der Waals surface area contributed by atoms with Gasteiger partial charge in [0, 0.05) is 0 Å². The highest BCUT2D eigenvalue weighted by atomic mass is 127. The molecular formula is C12H12INO2. The van der Waals surface area contributed by atoms with E-state index >= 15 is 0 Å². The van der Waals surface area contributed by atoms with Gasteiger partial charge in [0.1, 0.15) is 0 Å². The number of carbonyl (C=O) groups excluding carboxylic acids is 2. The van der Waals surface area contributed by atoms with Crippen molar-refractivity contribution in [3.8, 4) is 0 Å². The molecule has 1 aromatic rings. The standard InChI is InChI=1S/C12H12INO2/c1-7-4-5-8-9(6-7)11(16)14(10(8)15)12(2,3)13/h4-6H,1-3H3. The smallest absolute Gasteiger partial charge is 0.262 e. The van der Waals surface area contributed by atoms with Gasteiger partial charge in [-0.2, -0.15) is 0 Å². The second kappa shape index (κ2) is 3.55. The van der Waals surface area contributed by atoms with E-state index in [1.807, 2.05) is 26.8 Å². The van der Waals surface area contributed by atoms with Crippen molar-refractivity contribution in [2.75, 3.05) is 0 Å². The third-order valence-electron chi connectivity index (χ3n) is 2.57. The molecule has 0 atom stereocenters. The molecule has 0 N–H and O–H groups in total. The largest absolute Gasteiger partial charge is 0.269 e. The highest BCUT2D eigenvalue weighted by molar-refractivity contribution is 14.1. The summed E-state index contributed by atoms with van der Waals surface area (Å²) >= 11 is 2.10. The summed E-state index contributed by atoms with van der Waals surface area (Å²) in [5, 5.41) is 0. The number of hydrogen-bond donors (Lipinski definition) is 0. The number of imide groups is 1. The van der Waals surface area contributed by atoms with Crippen molar-refractivity contribution in [1.82, 2.24) is 4.90 Å². The van der Waals surface area contributed by atoms with Gasteiger partial charge < -0.3 is 0 Å². The van der Waals surface area contributed by atoms with E-state index in [4.69, 9.17) is 0 Å². The Morgan fingerprint density at radius 3 is 2.25 bits per heavy atom.